The van der Waals surface area contributed by atoms with E-state index in [1.807, 2.05) is 0 Å². The molecule has 0 aromatic carbocycles. The van der Waals surface area contributed by atoms with Crippen LogP contribution in [0.1, 0.15) is 40.0 Å². The van der Waals surface area contributed by atoms with E-state index >= 15 is 0 Å². The topological polar surface area (TPSA) is 0 Å². The Morgan fingerprint density at radius 2 is 2.00 bits per heavy atom. The average Bonchev–Trinajstić information content (AvgIpc) is 2.20. The van der Waals surface area contributed by atoms with Crippen LogP contribution in [0, 0.1) is 23.2 Å². The van der Waals surface area contributed by atoms with Crippen molar-refractivity contribution in [2.24, 2.45) is 17.3 Å². The van der Waals surface area contributed by atoms with Crippen LogP contribution in [0.5, 0.6) is 0 Å². The van der Waals surface area contributed by atoms with E-state index in [2.05, 4.69) is 20.8 Å². The highest BCUT2D eigenvalue weighted by molar-refractivity contribution is 5.14. The zero-order chi connectivity index (χ0) is 7.35. The lowest BCUT2D eigenvalue weighted by molar-refractivity contribution is 0.263. The van der Waals surface area contributed by atoms with Crippen molar-refractivity contribution < 1.29 is 0 Å². The molecule has 0 spiro atoms. The van der Waals surface area contributed by atoms with Crippen molar-refractivity contribution in [3.8, 4) is 0 Å². The first-order valence-corrected chi connectivity index (χ1v) is 4.44. The molecular weight excluding hydrogens is 120 g/mol. The fourth-order valence-corrected chi connectivity index (χ4v) is 3.17. The second-order valence-corrected chi connectivity index (χ2v) is 4.70. The van der Waals surface area contributed by atoms with Crippen LogP contribution >= 0.6 is 0 Å². The van der Waals surface area contributed by atoms with E-state index in [0.717, 1.165) is 11.8 Å². The van der Waals surface area contributed by atoms with Gasteiger partial charge in [-0.05, 0) is 42.4 Å². The Morgan fingerprint density at radius 1 is 1.30 bits per heavy atom. The van der Waals surface area contributed by atoms with Crippen molar-refractivity contribution >= 4 is 0 Å². The van der Waals surface area contributed by atoms with Gasteiger partial charge in [0.1, 0.15) is 0 Å². The number of rotatable bonds is 0. The quantitative estimate of drug-likeness (QED) is 0.481. The molecule has 2 saturated carbocycles. The van der Waals surface area contributed by atoms with Crippen LogP contribution < -0.4 is 0 Å². The average molecular weight is 137 g/mol. The molecule has 1 radical (unpaired) electrons. The molecule has 2 bridgehead atoms. The van der Waals surface area contributed by atoms with E-state index < -0.39 is 0 Å². The third kappa shape index (κ3) is 0.627. The molecule has 0 aliphatic heterocycles. The molecule has 2 aliphatic rings. The molecule has 57 valence electrons. The summed E-state index contributed by atoms with van der Waals surface area (Å²) < 4.78 is 0. The summed E-state index contributed by atoms with van der Waals surface area (Å²) in [5.74, 6) is 3.77. The first kappa shape index (κ1) is 6.69. The summed E-state index contributed by atoms with van der Waals surface area (Å²) in [6, 6.07) is 0. The van der Waals surface area contributed by atoms with E-state index in [1.165, 1.54) is 19.3 Å². The highest BCUT2D eigenvalue weighted by Gasteiger charge is 2.51. The maximum atomic E-state index is 2.45. The Balaban J connectivity index is 2.27. The zero-order valence-electron chi connectivity index (χ0n) is 7.28. The van der Waals surface area contributed by atoms with Gasteiger partial charge in [-0.1, -0.05) is 20.8 Å². The molecule has 10 heavy (non-hydrogen) atoms. The minimum atomic E-state index is 0.657. The summed E-state index contributed by atoms with van der Waals surface area (Å²) in [4.78, 5) is 0. The SMILES string of the molecule is C[C]1CC2CCC1C2(C)C. The van der Waals surface area contributed by atoms with E-state index in [1.54, 1.807) is 5.92 Å². The van der Waals surface area contributed by atoms with Gasteiger partial charge in [-0.15, -0.1) is 0 Å². The smallest absolute Gasteiger partial charge is 0.0233 e. The molecule has 2 fully saturated rings. The number of hydrogen-bond acceptors (Lipinski definition) is 0. The Morgan fingerprint density at radius 3 is 2.20 bits per heavy atom. The lowest BCUT2D eigenvalue weighted by Crippen LogP contribution is -2.17. The van der Waals surface area contributed by atoms with Crippen molar-refractivity contribution in [1.82, 2.24) is 0 Å². The molecule has 2 atom stereocenters. The lowest BCUT2D eigenvalue weighted by atomic mass is 9.80. The number of hydrogen-bond donors (Lipinski definition) is 0. The van der Waals surface area contributed by atoms with Crippen molar-refractivity contribution in [1.29, 1.82) is 0 Å². The van der Waals surface area contributed by atoms with Crippen LogP contribution in [0.3, 0.4) is 0 Å². The van der Waals surface area contributed by atoms with E-state index in [0.29, 0.717) is 5.41 Å². The zero-order valence-corrected chi connectivity index (χ0v) is 7.28. The van der Waals surface area contributed by atoms with E-state index in [9.17, 15) is 0 Å². The molecule has 0 saturated heterocycles. The Kier molecular flexibility index (Phi) is 1.19. The Hall–Kier alpha value is 0. The van der Waals surface area contributed by atoms with Crippen LogP contribution in [0.25, 0.3) is 0 Å². The monoisotopic (exact) mass is 137 g/mol. The summed E-state index contributed by atoms with van der Waals surface area (Å²) in [5.41, 5.74) is 0.657. The van der Waals surface area contributed by atoms with Gasteiger partial charge in [0.15, 0.2) is 0 Å². The Bertz CT molecular complexity index is 146. The van der Waals surface area contributed by atoms with Gasteiger partial charge in [0.05, 0.1) is 0 Å². The summed E-state index contributed by atoms with van der Waals surface area (Å²) in [6.45, 7) is 7.25. The lowest BCUT2D eigenvalue weighted by Gasteiger charge is -2.24. The molecule has 2 aliphatic carbocycles. The summed E-state index contributed by atoms with van der Waals surface area (Å²) in [7, 11) is 0. The summed E-state index contributed by atoms with van der Waals surface area (Å²) >= 11 is 0. The summed E-state index contributed by atoms with van der Waals surface area (Å²) in [5, 5.41) is 0. The van der Waals surface area contributed by atoms with Crippen molar-refractivity contribution in [3.05, 3.63) is 5.92 Å². The maximum Gasteiger partial charge on any atom is -0.0233 e. The second-order valence-electron chi connectivity index (χ2n) is 4.70. The molecule has 0 aromatic rings. The fourth-order valence-electron chi connectivity index (χ4n) is 3.17. The van der Waals surface area contributed by atoms with Crippen LogP contribution in [0.15, 0.2) is 0 Å². The third-order valence-electron chi connectivity index (χ3n) is 3.92. The number of fused-ring (bicyclic) bond motifs is 2. The van der Waals surface area contributed by atoms with Gasteiger partial charge in [0, 0.05) is 0 Å². The van der Waals surface area contributed by atoms with Gasteiger partial charge >= 0.3 is 0 Å². The molecular formula is C10H17. The van der Waals surface area contributed by atoms with Gasteiger partial charge in [0.2, 0.25) is 0 Å². The van der Waals surface area contributed by atoms with Crippen molar-refractivity contribution in [2.45, 2.75) is 40.0 Å². The van der Waals surface area contributed by atoms with Gasteiger partial charge in [-0.3, -0.25) is 0 Å². The predicted molar refractivity (Wildman–Crippen MR) is 43.5 cm³/mol. The minimum Gasteiger partial charge on any atom is -0.0594 e. The van der Waals surface area contributed by atoms with Gasteiger partial charge in [0.25, 0.3) is 0 Å². The molecule has 2 unspecified atom stereocenters. The minimum absolute atomic E-state index is 0.657. The molecule has 0 heteroatoms. The van der Waals surface area contributed by atoms with Crippen molar-refractivity contribution in [3.63, 3.8) is 0 Å². The first-order valence-electron chi connectivity index (χ1n) is 4.44. The van der Waals surface area contributed by atoms with Crippen LogP contribution in [-0.2, 0) is 0 Å². The van der Waals surface area contributed by atoms with Gasteiger partial charge < -0.3 is 0 Å². The largest absolute Gasteiger partial charge is 0.0594 e. The molecule has 0 nitrogen and oxygen atoms in total. The molecule has 0 amide bonds. The molecule has 2 rings (SSSR count). The molecule has 0 N–H and O–H groups in total. The van der Waals surface area contributed by atoms with Gasteiger partial charge in [-0.2, -0.15) is 0 Å². The standard InChI is InChI=1S/C10H17/c1-7-6-8-4-5-9(7)10(8,2)3/h8-9H,4-6H2,1-3H3. The highest BCUT2D eigenvalue weighted by Crippen LogP contribution is 2.60. The third-order valence-corrected chi connectivity index (χ3v) is 3.92. The highest BCUT2D eigenvalue weighted by atomic mass is 14.6. The van der Waals surface area contributed by atoms with E-state index in [-0.39, 0.29) is 0 Å². The summed E-state index contributed by atoms with van der Waals surface area (Å²) in [6.07, 6.45) is 4.40. The normalized spacial score (nSPS) is 44.7. The van der Waals surface area contributed by atoms with Crippen LogP contribution in [-0.4, -0.2) is 0 Å². The Labute approximate surface area is 64.0 Å². The molecule has 0 heterocycles. The van der Waals surface area contributed by atoms with Gasteiger partial charge in [-0.25, -0.2) is 0 Å². The van der Waals surface area contributed by atoms with Crippen LogP contribution in [0.4, 0.5) is 0 Å². The second kappa shape index (κ2) is 1.78. The predicted octanol–water partition coefficient (Wildman–Crippen LogP) is 3.04. The van der Waals surface area contributed by atoms with Crippen molar-refractivity contribution in [2.75, 3.05) is 0 Å². The first-order chi connectivity index (χ1) is 4.62. The van der Waals surface area contributed by atoms with E-state index in [4.69, 9.17) is 0 Å². The maximum absolute atomic E-state index is 2.45. The fraction of sp³-hybridized carbons (Fsp3) is 0.900. The molecule has 0 aromatic heterocycles. The van der Waals surface area contributed by atoms with Crippen LogP contribution in [0.2, 0.25) is 0 Å².